The van der Waals surface area contributed by atoms with E-state index in [2.05, 4.69) is 49.8 Å². The minimum Gasteiger partial charge on any atom is -0.435 e. The quantitative estimate of drug-likeness (QED) is 0.133. The van der Waals surface area contributed by atoms with Crippen LogP contribution in [0.3, 0.4) is 0 Å². The third-order valence-corrected chi connectivity index (χ3v) is 16.6. The Morgan fingerprint density at radius 1 is 1.00 bits per heavy atom. The largest absolute Gasteiger partial charge is 0.435 e. The maximum Gasteiger partial charge on any atom is 0.387 e. The van der Waals surface area contributed by atoms with Crippen LogP contribution in [0.1, 0.15) is 89.9 Å². The standard InChI is InChI=1S/C44H44ClF2N5O4Si/c1-28-22-39-37(26-50(28)41(53)31-18-21-38(45)32(23-31)24-48)40-42(54)51(29(2)30-16-19-34(20-17-30)56-43(46)47)25-33(52(40)49-39)27-55-57(44(3,4)5,35-12-8-6-9-13-35)36-14-10-7-11-15-36/h6-21,23,28-29,33,43H,22,25-27H2,1-5H3/t28-,29?,33+/m1/s1. The Bertz CT molecular complexity index is 2270. The van der Waals surface area contributed by atoms with Crippen molar-refractivity contribution in [3.8, 4) is 11.8 Å². The second kappa shape index (κ2) is 15.9. The molecule has 1 unspecified atom stereocenters. The predicted molar refractivity (Wildman–Crippen MR) is 217 cm³/mol. The average molecular weight is 808 g/mol. The molecule has 0 aliphatic carbocycles. The van der Waals surface area contributed by atoms with E-state index in [0.29, 0.717) is 23.2 Å². The highest BCUT2D eigenvalue weighted by Gasteiger charge is 2.51. The van der Waals surface area contributed by atoms with Crippen molar-refractivity contribution in [3.05, 3.63) is 142 Å². The number of carbonyl (C=O) groups excluding carboxylic acids is 2. The fourth-order valence-electron chi connectivity index (χ4n) is 8.31. The number of benzene rings is 4. The molecular weight excluding hydrogens is 764 g/mol. The summed E-state index contributed by atoms with van der Waals surface area (Å²) in [5.41, 5.74) is 3.05. The lowest BCUT2D eigenvalue weighted by atomic mass is 9.96. The van der Waals surface area contributed by atoms with E-state index in [1.54, 1.807) is 34.1 Å². The Balaban J connectivity index is 1.30. The van der Waals surface area contributed by atoms with Crippen LogP contribution >= 0.6 is 11.6 Å². The lowest BCUT2D eigenvalue weighted by molar-refractivity contribution is -0.0498. The van der Waals surface area contributed by atoms with Crippen LogP contribution in [0.25, 0.3) is 0 Å². The molecule has 0 N–H and O–H groups in total. The number of ether oxygens (including phenoxy) is 1. The van der Waals surface area contributed by atoms with E-state index < -0.39 is 27.0 Å². The van der Waals surface area contributed by atoms with E-state index in [9.17, 15) is 23.6 Å². The van der Waals surface area contributed by atoms with Crippen molar-refractivity contribution >= 4 is 42.1 Å². The molecule has 5 aromatic rings. The molecule has 57 heavy (non-hydrogen) atoms. The molecule has 9 nitrogen and oxygen atoms in total. The van der Waals surface area contributed by atoms with Crippen molar-refractivity contribution in [1.29, 1.82) is 5.26 Å². The number of aromatic nitrogens is 2. The molecule has 0 bridgehead atoms. The molecular formula is C44H44ClF2N5O4Si. The Morgan fingerprint density at radius 3 is 2.21 bits per heavy atom. The zero-order valence-electron chi connectivity index (χ0n) is 32.5. The monoisotopic (exact) mass is 807 g/mol. The molecule has 1 aromatic heterocycles. The van der Waals surface area contributed by atoms with Gasteiger partial charge in [0, 0.05) is 30.1 Å². The first-order chi connectivity index (χ1) is 27.2. The first-order valence-electron chi connectivity index (χ1n) is 18.9. The molecule has 0 saturated carbocycles. The molecule has 0 fully saturated rings. The molecule has 3 atom stereocenters. The number of fused-ring (bicyclic) bond motifs is 3. The van der Waals surface area contributed by atoms with Gasteiger partial charge in [0.2, 0.25) is 0 Å². The summed E-state index contributed by atoms with van der Waals surface area (Å²) in [4.78, 5) is 32.4. The lowest BCUT2D eigenvalue weighted by Crippen LogP contribution is -2.67. The molecule has 0 radical (unpaired) electrons. The van der Waals surface area contributed by atoms with Crippen molar-refractivity contribution in [2.24, 2.45) is 0 Å². The van der Waals surface area contributed by atoms with E-state index in [1.807, 2.05) is 61.0 Å². The third kappa shape index (κ3) is 7.47. The number of rotatable bonds is 10. The zero-order chi connectivity index (χ0) is 40.6. The smallest absolute Gasteiger partial charge is 0.387 e. The molecule has 3 heterocycles. The first-order valence-corrected chi connectivity index (χ1v) is 21.2. The Hall–Kier alpha value is -5.35. The van der Waals surface area contributed by atoms with Crippen LogP contribution in [0.2, 0.25) is 10.1 Å². The number of halogens is 3. The minimum atomic E-state index is -3.01. The maximum atomic E-state index is 14.8. The molecule has 0 saturated heterocycles. The van der Waals surface area contributed by atoms with Crippen molar-refractivity contribution in [2.45, 2.75) is 77.4 Å². The topological polar surface area (TPSA) is 101 Å². The average Bonchev–Trinajstić information content (AvgIpc) is 3.57. The van der Waals surface area contributed by atoms with Gasteiger partial charge in [-0.15, -0.1) is 0 Å². The molecule has 2 aliphatic rings. The van der Waals surface area contributed by atoms with E-state index >= 15 is 0 Å². The molecule has 4 aromatic carbocycles. The Morgan fingerprint density at radius 2 is 1.63 bits per heavy atom. The summed E-state index contributed by atoms with van der Waals surface area (Å²) in [6, 6.07) is 32.6. The number of alkyl halides is 2. The molecule has 2 amide bonds. The number of amides is 2. The van der Waals surface area contributed by atoms with E-state index in [-0.39, 0.29) is 58.9 Å². The van der Waals surface area contributed by atoms with Crippen LogP contribution in [-0.2, 0) is 17.4 Å². The molecule has 294 valence electrons. The minimum absolute atomic E-state index is 0.0242. The van der Waals surface area contributed by atoms with Gasteiger partial charge in [-0.3, -0.25) is 14.3 Å². The first kappa shape index (κ1) is 39.9. The van der Waals surface area contributed by atoms with Crippen molar-refractivity contribution in [3.63, 3.8) is 0 Å². The number of nitriles is 1. The van der Waals surface area contributed by atoms with Gasteiger partial charge in [-0.05, 0) is 65.2 Å². The van der Waals surface area contributed by atoms with Crippen molar-refractivity contribution < 1.29 is 27.5 Å². The van der Waals surface area contributed by atoms with Gasteiger partial charge in [0.1, 0.15) is 17.5 Å². The predicted octanol–water partition coefficient (Wildman–Crippen LogP) is 7.93. The molecule has 13 heteroatoms. The molecule has 0 spiro atoms. The van der Waals surface area contributed by atoms with Crippen molar-refractivity contribution in [1.82, 2.24) is 19.6 Å². The van der Waals surface area contributed by atoms with Crippen molar-refractivity contribution in [2.75, 3.05) is 13.2 Å². The van der Waals surface area contributed by atoms with Gasteiger partial charge >= 0.3 is 6.61 Å². The summed E-state index contributed by atoms with van der Waals surface area (Å²) in [5.74, 6) is -0.519. The van der Waals surface area contributed by atoms with Gasteiger partial charge in [0.15, 0.2) is 0 Å². The number of nitrogens with zero attached hydrogens (tertiary/aromatic N) is 5. The second-order valence-corrected chi connectivity index (χ2v) is 20.4. The second-order valence-electron chi connectivity index (χ2n) is 15.7. The van der Waals surface area contributed by atoms with E-state index in [1.165, 1.54) is 18.2 Å². The summed E-state index contributed by atoms with van der Waals surface area (Å²) < 4.78 is 39.8. The van der Waals surface area contributed by atoms with Crippen LogP contribution in [0, 0.1) is 11.3 Å². The van der Waals surface area contributed by atoms with Gasteiger partial charge in [0.25, 0.3) is 20.1 Å². The zero-order valence-corrected chi connectivity index (χ0v) is 34.2. The van der Waals surface area contributed by atoms with Crippen LogP contribution in [0.5, 0.6) is 5.75 Å². The summed E-state index contributed by atoms with van der Waals surface area (Å²) in [6.45, 7) is 8.17. The number of carbonyl (C=O) groups is 2. The SMILES string of the molecule is CC(c1ccc(OC(F)F)cc1)N1C[C@@H](CO[Si](c2ccccc2)(c2ccccc2)C(C)(C)C)n2nc3c(c2C1=O)CN(C(=O)c1ccc(Cl)c(C#N)c1)[C@H](C)C3. The summed E-state index contributed by atoms with van der Waals surface area (Å²) in [5, 5.41) is 16.9. The summed E-state index contributed by atoms with van der Waals surface area (Å²) in [6.07, 6.45) is 0.413. The van der Waals surface area contributed by atoms with Crippen LogP contribution in [0.15, 0.2) is 103 Å². The highest BCUT2D eigenvalue weighted by atomic mass is 35.5. The molecule has 7 rings (SSSR count). The number of hydrogen-bond acceptors (Lipinski definition) is 6. The van der Waals surface area contributed by atoms with Gasteiger partial charge in [-0.1, -0.05) is 105 Å². The Labute approximate surface area is 337 Å². The van der Waals surface area contributed by atoms with Gasteiger partial charge < -0.3 is 19.0 Å². The normalized spacial score (nSPS) is 17.5. The summed E-state index contributed by atoms with van der Waals surface area (Å²) in [7, 11) is -3.01. The highest BCUT2D eigenvalue weighted by Crippen LogP contribution is 2.40. The lowest BCUT2D eigenvalue weighted by Gasteiger charge is -2.45. The van der Waals surface area contributed by atoms with E-state index in [0.717, 1.165) is 21.6 Å². The van der Waals surface area contributed by atoms with Gasteiger partial charge in [-0.25, -0.2) is 0 Å². The van der Waals surface area contributed by atoms with Crippen LogP contribution in [-0.4, -0.2) is 65.5 Å². The maximum absolute atomic E-state index is 14.8. The third-order valence-electron chi connectivity index (χ3n) is 11.2. The van der Waals surface area contributed by atoms with Crippen LogP contribution in [0.4, 0.5) is 8.78 Å². The fraction of sp³-hybridized carbons (Fsp3) is 0.318. The molecule has 2 aliphatic heterocycles. The number of hydrogen-bond donors (Lipinski definition) is 0. The van der Waals surface area contributed by atoms with Gasteiger partial charge in [0.05, 0.1) is 41.5 Å². The van der Waals surface area contributed by atoms with E-state index in [4.69, 9.17) is 21.1 Å². The van der Waals surface area contributed by atoms with Crippen LogP contribution < -0.4 is 15.1 Å². The van der Waals surface area contributed by atoms with Gasteiger partial charge in [-0.2, -0.15) is 19.1 Å². The Kier molecular flexibility index (Phi) is 11.1. The fourth-order valence-corrected chi connectivity index (χ4v) is 13.1. The highest BCUT2D eigenvalue weighted by molar-refractivity contribution is 6.99. The summed E-state index contributed by atoms with van der Waals surface area (Å²) >= 11 is 6.19.